The van der Waals surface area contributed by atoms with Gasteiger partial charge >= 0.3 is 17.9 Å². The Morgan fingerprint density at radius 3 is 0.859 bits per heavy atom. The largest absolute Gasteiger partial charge is 0.462 e. The Bertz CT molecular complexity index is 1280. The molecule has 0 saturated carbocycles. The summed E-state index contributed by atoms with van der Waals surface area (Å²) in [4.78, 5) is 38.2. The van der Waals surface area contributed by atoms with Crippen molar-refractivity contribution < 1.29 is 28.6 Å². The van der Waals surface area contributed by atoms with Crippen LogP contribution in [-0.4, -0.2) is 37.2 Å². The summed E-state index contributed by atoms with van der Waals surface area (Å²) in [5, 5.41) is 0. The lowest BCUT2D eigenvalue weighted by atomic mass is 10.1. The van der Waals surface area contributed by atoms with Crippen molar-refractivity contribution in [3.05, 3.63) is 60.8 Å². The van der Waals surface area contributed by atoms with Gasteiger partial charge < -0.3 is 14.2 Å². The van der Waals surface area contributed by atoms with Crippen LogP contribution in [-0.2, 0) is 28.6 Å². The van der Waals surface area contributed by atoms with E-state index >= 15 is 0 Å². The van der Waals surface area contributed by atoms with Crippen molar-refractivity contribution in [1.82, 2.24) is 0 Å². The SMILES string of the molecule is CCCCC/C=C\C/C=C\C/C=C\CCCCC(=O)OC[C@H](COC(=O)CCCCCCCCC/C=C\CCCCCCCCCC)OC(=O)CCCCCCCCC/C=C\CCCCCCCCCC. The summed E-state index contributed by atoms with van der Waals surface area (Å²) < 4.78 is 16.9. The third-order valence-corrected chi connectivity index (χ3v) is 13.5. The molecular weight excluding hydrogens is 877 g/mol. The van der Waals surface area contributed by atoms with Gasteiger partial charge in [-0.3, -0.25) is 14.4 Å². The van der Waals surface area contributed by atoms with Gasteiger partial charge in [0.25, 0.3) is 0 Å². The zero-order chi connectivity index (χ0) is 51.4. The minimum Gasteiger partial charge on any atom is -0.462 e. The van der Waals surface area contributed by atoms with E-state index in [1.807, 2.05) is 0 Å². The second-order valence-corrected chi connectivity index (χ2v) is 20.6. The molecule has 0 heterocycles. The molecule has 0 aromatic carbocycles. The molecule has 6 nitrogen and oxygen atoms in total. The van der Waals surface area contributed by atoms with Gasteiger partial charge in [0.2, 0.25) is 0 Å². The summed E-state index contributed by atoms with van der Waals surface area (Å²) in [6, 6.07) is 0. The van der Waals surface area contributed by atoms with E-state index in [2.05, 4.69) is 81.5 Å². The first kappa shape index (κ1) is 68.1. The molecule has 0 fully saturated rings. The summed E-state index contributed by atoms with van der Waals surface area (Å²) in [6.07, 6.45) is 75.0. The molecule has 0 unspecified atom stereocenters. The van der Waals surface area contributed by atoms with Crippen molar-refractivity contribution in [2.45, 2.75) is 322 Å². The highest BCUT2D eigenvalue weighted by molar-refractivity contribution is 5.71. The maximum atomic E-state index is 12.9. The summed E-state index contributed by atoms with van der Waals surface area (Å²) in [6.45, 7) is 6.61. The quantitative estimate of drug-likeness (QED) is 0.0261. The van der Waals surface area contributed by atoms with Crippen LogP contribution in [0.1, 0.15) is 316 Å². The lowest BCUT2D eigenvalue weighted by Gasteiger charge is -2.18. The van der Waals surface area contributed by atoms with Crippen LogP contribution in [0.2, 0.25) is 0 Å². The first-order valence-electron chi connectivity index (χ1n) is 30.8. The molecule has 0 aromatic heterocycles. The van der Waals surface area contributed by atoms with Gasteiger partial charge in [-0.2, -0.15) is 0 Å². The van der Waals surface area contributed by atoms with Crippen molar-refractivity contribution in [2.75, 3.05) is 13.2 Å². The van der Waals surface area contributed by atoms with Crippen molar-refractivity contribution in [1.29, 1.82) is 0 Å². The van der Waals surface area contributed by atoms with E-state index in [0.717, 1.165) is 70.6 Å². The van der Waals surface area contributed by atoms with Crippen LogP contribution in [0.15, 0.2) is 60.8 Å². The van der Waals surface area contributed by atoms with E-state index in [-0.39, 0.29) is 31.1 Å². The predicted octanol–water partition coefficient (Wildman–Crippen LogP) is 20.8. The maximum absolute atomic E-state index is 12.9. The number of carbonyl (C=O) groups excluding carboxylic acids is 3. The van der Waals surface area contributed by atoms with Gasteiger partial charge in [0.05, 0.1) is 0 Å². The summed E-state index contributed by atoms with van der Waals surface area (Å²) in [5.74, 6) is -0.923. The monoisotopic (exact) mass is 993 g/mol. The van der Waals surface area contributed by atoms with Crippen LogP contribution < -0.4 is 0 Å². The molecule has 6 heteroatoms. The molecule has 0 aliphatic heterocycles. The molecule has 1 atom stereocenters. The Balaban J connectivity index is 4.41. The third-order valence-electron chi connectivity index (χ3n) is 13.5. The Labute approximate surface area is 440 Å². The number of allylic oxidation sites excluding steroid dienone is 10. The minimum absolute atomic E-state index is 0.0890. The second kappa shape index (κ2) is 59.7. The Morgan fingerprint density at radius 2 is 0.507 bits per heavy atom. The van der Waals surface area contributed by atoms with E-state index in [4.69, 9.17) is 14.2 Å². The zero-order valence-corrected chi connectivity index (χ0v) is 47.2. The minimum atomic E-state index is -0.794. The number of esters is 3. The average Bonchev–Trinajstić information content (AvgIpc) is 3.37. The van der Waals surface area contributed by atoms with Gasteiger partial charge in [0.15, 0.2) is 6.10 Å². The third kappa shape index (κ3) is 57.9. The highest BCUT2D eigenvalue weighted by Crippen LogP contribution is 2.16. The highest BCUT2D eigenvalue weighted by atomic mass is 16.6. The van der Waals surface area contributed by atoms with Crippen molar-refractivity contribution in [3.63, 3.8) is 0 Å². The average molecular weight is 994 g/mol. The van der Waals surface area contributed by atoms with E-state index in [1.165, 1.54) is 205 Å². The molecule has 0 aliphatic rings. The number of ether oxygens (including phenoxy) is 3. The van der Waals surface area contributed by atoms with Crippen molar-refractivity contribution in [3.8, 4) is 0 Å². The molecule has 412 valence electrons. The molecular formula is C65H116O6. The Hall–Kier alpha value is -2.89. The zero-order valence-electron chi connectivity index (χ0n) is 47.2. The number of unbranched alkanes of at least 4 members (excludes halogenated alkanes) is 35. The Morgan fingerprint density at radius 1 is 0.282 bits per heavy atom. The molecule has 0 rings (SSSR count). The first-order valence-corrected chi connectivity index (χ1v) is 30.8. The second-order valence-electron chi connectivity index (χ2n) is 20.6. The number of rotatable bonds is 56. The smallest absolute Gasteiger partial charge is 0.306 e. The van der Waals surface area contributed by atoms with Crippen LogP contribution in [0, 0.1) is 0 Å². The fourth-order valence-electron chi connectivity index (χ4n) is 8.79. The molecule has 71 heavy (non-hydrogen) atoms. The summed E-state index contributed by atoms with van der Waals surface area (Å²) >= 11 is 0. The van der Waals surface area contributed by atoms with Crippen LogP contribution >= 0.6 is 0 Å². The van der Waals surface area contributed by atoms with Crippen LogP contribution in [0.25, 0.3) is 0 Å². The molecule has 0 N–H and O–H groups in total. The van der Waals surface area contributed by atoms with Crippen molar-refractivity contribution in [2.24, 2.45) is 0 Å². The lowest BCUT2D eigenvalue weighted by molar-refractivity contribution is -0.167. The standard InChI is InChI=1S/C65H116O6/c1-4-7-10-13-16-19-22-25-28-30-32-34-37-40-43-46-49-52-55-58-64(67)70-61-62(60-69-63(66)57-54-51-48-45-42-39-36-27-24-21-18-15-12-9-6-3)71-65(68)59-56-53-50-47-44-41-38-35-33-31-29-26-23-20-17-14-11-8-5-2/h18,21,27,30-33,36,42,45,62H,4-17,19-20,22-26,28-29,34-35,37-41,43-44,46-61H2,1-3H3/b21-18-,32-30-,33-31-,36-27-,45-42-/t62-/m1/s1. The fraction of sp³-hybridized carbons (Fsp3) is 0.800. The maximum Gasteiger partial charge on any atom is 0.306 e. The van der Waals surface area contributed by atoms with Gasteiger partial charge in [-0.05, 0) is 109 Å². The Kier molecular flexibility index (Phi) is 57.2. The van der Waals surface area contributed by atoms with Gasteiger partial charge in [-0.15, -0.1) is 0 Å². The number of hydrogen-bond acceptors (Lipinski definition) is 6. The molecule has 0 spiro atoms. The van der Waals surface area contributed by atoms with E-state index in [1.54, 1.807) is 0 Å². The van der Waals surface area contributed by atoms with Crippen LogP contribution in [0.5, 0.6) is 0 Å². The van der Waals surface area contributed by atoms with Gasteiger partial charge in [0.1, 0.15) is 13.2 Å². The molecule has 0 aromatic rings. The van der Waals surface area contributed by atoms with Crippen molar-refractivity contribution >= 4 is 17.9 Å². The molecule has 0 bridgehead atoms. The summed E-state index contributed by atoms with van der Waals surface area (Å²) in [5.41, 5.74) is 0. The number of hydrogen-bond donors (Lipinski definition) is 0. The van der Waals surface area contributed by atoms with Gasteiger partial charge in [0, 0.05) is 19.3 Å². The van der Waals surface area contributed by atoms with E-state index in [0.29, 0.717) is 19.3 Å². The molecule has 0 radical (unpaired) electrons. The summed E-state index contributed by atoms with van der Waals surface area (Å²) in [7, 11) is 0. The fourth-order valence-corrected chi connectivity index (χ4v) is 8.79. The topological polar surface area (TPSA) is 78.9 Å². The lowest BCUT2D eigenvalue weighted by Crippen LogP contribution is -2.30. The molecule has 0 aliphatic carbocycles. The predicted molar refractivity (Wildman–Crippen MR) is 307 cm³/mol. The molecule has 0 saturated heterocycles. The van der Waals surface area contributed by atoms with Gasteiger partial charge in [-0.1, -0.05) is 248 Å². The van der Waals surface area contributed by atoms with Crippen LogP contribution in [0.4, 0.5) is 0 Å². The van der Waals surface area contributed by atoms with E-state index < -0.39 is 6.10 Å². The highest BCUT2D eigenvalue weighted by Gasteiger charge is 2.19. The van der Waals surface area contributed by atoms with Gasteiger partial charge in [-0.25, -0.2) is 0 Å². The van der Waals surface area contributed by atoms with E-state index in [9.17, 15) is 14.4 Å². The van der Waals surface area contributed by atoms with Crippen LogP contribution in [0.3, 0.4) is 0 Å². The first-order chi connectivity index (χ1) is 35.0. The normalized spacial score (nSPS) is 12.4. The molecule has 0 amide bonds. The number of carbonyl (C=O) groups is 3.